The lowest BCUT2D eigenvalue weighted by Gasteiger charge is -2.16. The van der Waals surface area contributed by atoms with Gasteiger partial charge in [0.1, 0.15) is 6.54 Å². The summed E-state index contributed by atoms with van der Waals surface area (Å²) in [5, 5.41) is 2.86. The summed E-state index contributed by atoms with van der Waals surface area (Å²) in [5.74, 6) is -1.21. The van der Waals surface area contributed by atoms with Crippen LogP contribution in [0.25, 0.3) is 11.0 Å². The summed E-state index contributed by atoms with van der Waals surface area (Å²) in [6, 6.07) is 14.2. The fraction of sp³-hybridized carbons (Fsp3) is 0.200. The van der Waals surface area contributed by atoms with Crippen molar-refractivity contribution in [3.63, 3.8) is 0 Å². The highest BCUT2D eigenvalue weighted by atomic mass is 32.1. The average molecular weight is 490 g/mol. The molecule has 0 aliphatic carbocycles. The molecule has 0 saturated carbocycles. The number of hydrogen-bond acceptors (Lipinski definition) is 8. The topological polar surface area (TPSA) is 114 Å². The van der Waals surface area contributed by atoms with Crippen LogP contribution in [0.5, 0.6) is 0 Å². The molecule has 1 N–H and O–H groups in total. The molecular weight excluding hydrogens is 466 g/mol. The van der Waals surface area contributed by atoms with Crippen molar-refractivity contribution in [3.8, 4) is 0 Å². The number of para-hydroxylation sites is 2. The van der Waals surface area contributed by atoms with Crippen molar-refractivity contribution in [2.75, 3.05) is 26.0 Å². The molecule has 0 atom stereocenters. The van der Waals surface area contributed by atoms with Gasteiger partial charge in [0.2, 0.25) is 0 Å². The maximum atomic E-state index is 13.2. The third kappa shape index (κ3) is 5.49. The van der Waals surface area contributed by atoms with Crippen molar-refractivity contribution in [1.82, 2.24) is 19.2 Å². The number of anilines is 1. The van der Waals surface area contributed by atoms with E-state index >= 15 is 0 Å². The molecule has 35 heavy (non-hydrogen) atoms. The number of nitrogens with zero attached hydrogens (tertiary/aromatic N) is 4. The molecule has 178 valence electrons. The van der Waals surface area contributed by atoms with E-state index in [1.807, 2.05) is 24.3 Å². The van der Waals surface area contributed by atoms with Gasteiger partial charge in [-0.05, 0) is 48.8 Å². The number of ether oxygens (including phenoxy) is 1. The van der Waals surface area contributed by atoms with Gasteiger partial charge < -0.3 is 15.0 Å². The zero-order valence-corrected chi connectivity index (χ0v) is 20.3. The third-order valence-electron chi connectivity index (χ3n) is 5.31. The van der Waals surface area contributed by atoms with Crippen molar-refractivity contribution >= 4 is 46.0 Å². The van der Waals surface area contributed by atoms with Gasteiger partial charge in [-0.3, -0.25) is 19.4 Å². The van der Waals surface area contributed by atoms with Crippen LogP contribution in [0.15, 0.2) is 54.7 Å². The number of nitrogens with one attached hydrogen (secondary N) is 1. The van der Waals surface area contributed by atoms with Crippen LogP contribution >= 0.6 is 11.5 Å². The summed E-state index contributed by atoms with van der Waals surface area (Å²) >= 11 is 1.25. The van der Waals surface area contributed by atoms with Crippen LogP contribution in [0.1, 0.15) is 37.0 Å². The third-order valence-corrected chi connectivity index (χ3v) is 6.24. The van der Waals surface area contributed by atoms with Gasteiger partial charge in [-0.25, -0.2) is 4.98 Å². The molecule has 0 aliphatic heterocycles. The molecule has 2 aromatic carbocycles. The molecule has 0 radical (unpaired) electrons. The predicted octanol–water partition coefficient (Wildman–Crippen LogP) is 3.48. The standard InChI is InChI=1S/C25H23N5O4S/c1-15-23(21(35-29-15)12-18-13-26-19-9-4-5-10-20(19)27-18)24(32)28-17-8-6-7-16(11-17)25(33)30(2)14-22(31)34-3/h4-11,13H,12,14H2,1-3H3,(H,28,32). The van der Waals surface area contributed by atoms with E-state index < -0.39 is 5.97 Å². The lowest BCUT2D eigenvalue weighted by molar-refractivity contribution is -0.141. The fourth-order valence-electron chi connectivity index (χ4n) is 3.55. The van der Waals surface area contributed by atoms with E-state index in [2.05, 4.69) is 24.4 Å². The van der Waals surface area contributed by atoms with Crippen LogP contribution in [0, 0.1) is 6.92 Å². The van der Waals surface area contributed by atoms with Crippen LogP contribution in [-0.4, -0.2) is 57.7 Å². The van der Waals surface area contributed by atoms with Gasteiger partial charge >= 0.3 is 5.97 Å². The van der Waals surface area contributed by atoms with Gasteiger partial charge in [-0.15, -0.1) is 0 Å². The summed E-state index contributed by atoms with van der Waals surface area (Å²) < 4.78 is 8.98. The van der Waals surface area contributed by atoms with Gasteiger partial charge in [0.05, 0.1) is 35.1 Å². The molecular formula is C25H23N5O4S. The Kier molecular flexibility index (Phi) is 7.11. The van der Waals surface area contributed by atoms with Gasteiger partial charge in [0.15, 0.2) is 0 Å². The van der Waals surface area contributed by atoms with E-state index in [1.165, 1.54) is 30.6 Å². The maximum absolute atomic E-state index is 13.2. The molecule has 0 unspecified atom stereocenters. The molecule has 2 heterocycles. The second-order valence-electron chi connectivity index (χ2n) is 7.87. The highest BCUT2D eigenvalue weighted by Gasteiger charge is 2.21. The molecule has 0 aliphatic rings. The molecule has 9 nitrogen and oxygen atoms in total. The zero-order chi connectivity index (χ0) is 24.9. The Bertz CT molecular complexity index is 1420. The minimum atomic E-state index is -0.519. The Morgan fingerprint density at radius 2 is 1.86 bits per heavy atom. The van der Waals surface area contributed by atoms with Crippen LogP contribution in [0.2, 0.25) is 0 Å². The second-order valence-corrected chi connectivity index (χ2v) is 8.72. The number of rotatable bonds is 7. The number of benzene rings is 2. The van der Waals surface area contributed by atoms with E-state index in [0.717, 1.165) is 21.6 Å². The van der Waals surface area contributed by atoms with Crippen molar-refractivity contribution in [2.24, 2.45) is 0 Å². The van der Waals surface area contributed by atoms with Gasteiger partial charge in [-0.2, -0.15) is 4.37 Å². The monoisotopic (exact) mass is 489 g/mol. The maximum Gasteiger partial charge on any atom is 0.325 e. The average Bonchev–Trinajstić information content (AvgIpc) is 3.23. The first-order chi connectivity index (χ1) is 16.9. The summed E-state index contributed by atoms with van der Waals surface area (Å²) in [6.07, 6.45) is 2.13. The molecule has 0 spiro atoms. The molecule has 0 saturated heterocycles. The number of esters is 1. The van der Waals surface area contributed by atoms with Crippen molar-refractivity contribution in [1.29, 1.82) is 0 Å². The van der Waals surface area contributed by atoms with Crippen molar-refractivity contribution < 1.29 is 19.1 Å². The normalized spacial score (nSPS) is 10.7. The Morgan fingerprint density at radius 3 is 2.63 bits per heavy atom. The lowest BCUT2D eigenvalue weighted by atomic mass is 10.1. The van der Waals surface area contributed by atoms with E-state index in [9.17, 15) is 14.4 Å². The SMILES string of the molecule is COC(=O)CN(C)C(=O)c1cccc(NC(=O)c2c(C)nsc2Cc2cnc3ccccc3n2)c1. The summed E-state index contributed by atoms with van der Waals surface area (Å²) in [4.78, 5) is 48.4. The first kappa shape index (κ1) is 24.0. The van der Waals surface area contributed by atoms with Crippen molar-refractivity contribution in [2.45, 2.75) is 13.3 Å². The largest absolute Gasteiger partial charge is 0.468 e. The first-order valence-electron chi connectivity index (χ1n) is 10.7. The number of aryl methyl sites for hydroxylation is 1. The lowest BCUT2D eigenvalue weighted by Crippen LogP contribution is -2.32. The molecule has 4 aromatic rings. The van der Waals surface area contributed by atoms with E-state index in [-0.39, 0.29) is 18.4 Å². The number of carbonyl (C=O) groups is 3. The molecule has 2 amide bonds. The van der Waals surface area contributed by atoms with E-state index in [4.69, 9.17) is 0 Å². The second kappa shape index (κ2) is 10.4. The number of hydrogen-bond donors (Lipinski definition) is 1. The highest BCUT2D eigenvalue weighted by Crippen LogP contribution is 2.24. The van der Waals surface area contributed by atoms with Gasteiger partial charge in [0, 0.05) is 35.8 Å². The van der Waals surface area contributed by atoms with Crippen LogP contribution in [0.3, 0.4) is 0 Å². The quantitative estimate of drug-likeness (QED) is 0.395. The van der Waals surface area contributed by atoms with E-state index in [1.54, 1.807) is 37.4 Å². The smallest absolute Gasteiger partial charge is 0.325 e. The number of fused-ring (bicyclic) bond motifs is 1. The Balaban J connectivity index is 1.52. The number of methoxy groups -OCH3 is 1. The molecule has 0 bridgehead atoms. The number of likely N-dealkylation sites (N-methyl/N-ethyl adjacent to an activating group) is 1. The number of aromatic nitrogens is 3. The van der Waals surface area contributed by atoms with E-state index in [0.29, 0.717) is 28.9 Å². The highest BCUT2D eigenvalue weighted by molar-refractivity contribution is 7.06. The Labute approximate surface area is 205 Å². The van der Waals surface area contributed by atoms with Crippen molar-refractivity contribution in [3.05, 3.63) is 82.1 Å². The molecule has 10 heteroatoms. The summed E-state index contributed by atoms with van der Waals surface area (Å²) in [7, 11) is 2.77. The Hall–Kier alpha value is -4.18. The molecule has 4 rings (SSSR count). The predicted molar refractivity (Wildman–Crippen MR) is 133 cm³/mol. The van der Waals surface area contributed by atoms with Gasteiger partial charge in [0.25, 0.3) is 11.8 Å². The van der Waals surface area contributed by atoms with Crippen LogP contribution < -0.4 is 5.32 Å². The summed E-state index contributed by atoms with van der Waals surface area (Å²) in [5.41, 5.74) is 4.21. The molecule has 0 fully saturated rings. The van der Waals surface area contributed by atoms with Gasteiger partial charge in [-0.1, -0.05) is 18.2 Å². The number of amides is 2. The zero-order valence-electron chi connectivity index (χ0n) is 19.4. The fourth-order valence-corrected chi connectivity index (χ4v) is 4.43. The summed E-state index contributed by atoms with van der Waals surface area (Å²) in [6.45, 7) is 1.61. The van der Waals surface area contributed by atoms with Crippen LogP contribution in [0.4, 0.5) is 5.69 Å². The number of carbonyl (C=O) groups excluding carboxylic acids is 3. The first-order valence-corrected chi connectivity index (χ1v) is 11.5. The Morgan fingerprint density at radius 1 is 1.09 bits per heavy atom. The minimum Gasteiger partial charge on any atom is -0.468 e. The van der Waals surface area contributed by atoms with Crippen LogP contribution in [-0.2, 0) is 16.0 Å². The molecule has 2 aromatic heterocycles. The minimum absolute atomic E-state index is 0.174.